The van der Waals surface area contributed by atoms with E-state index >= 15 is 0 Å². The molecule has 1 unspecified atom stereocenters. The summed E-state index contributed by atoms with van der Waals surface area (Å²) in [5.74, 6) is -2.39. The normalized spacial score (nSPS) is 14.1. The fraction of sp³-hybridized carbons (Fsp3) is 0.808. The van der Waals surface area contributed by atoms with Crippen molar-refractivity contribution in [3.8, 4) is 0 Å². The van der Waals surface area contributed by atoms with Gasteiger partial charge in [-0.25, -0.2) is 4.39 Å². The fourth-order valence-corrected chi connectivity index (χ4v) is 4.94. The highest BCUT2D eigenvalue weighted by Gasteiger charge is 2.37. The Morgan fingerprint density at radius 1 is 0.882 bits per heavy atom. The van der Waals surface area contributed by atoms with E-state index in [0.29, 0.717) is 0 Å². The molecule has 0 aromatic heterocycles. The van der Waals surface area contributed by atoms with Gasteiger partial charge in [0.1, 0.15) is 6.61 Å². The Kier molecular flexibility index (Phi) is 21.8. The van der Waals surface area contributed by atoms with Gasteiger partial charge in [0.15, 0.2) is 0 Å². The Bertz CT molecular complexity index is 586. The van der Waals surface area contributed by atoms with Gasteiger partial charge in [-0.2, -0.15) is 0 Å². The van der Waals surface area contributed by atoms with Gasteiger partial charge in [0.25, 0.3) is 0 Å². The summed E-state index contributed by atoms with van der Waals surface area (Å²) in [6.45, 7) is 5.13. The molecule has 0 saturated heterocycles. The highest BCUT2D eigenvalue weighted by atomic mass is 31.2. The van der Waals surface area contributed by atoms with E-state index < -0.39 is 32.0 Å². The van der Waals surface area contributed by atoms with Gasteiger partial charge >= 0.3 is 13.6 Å². The number of aliphatic hydroxyl groups is 1. The van der Waals surface area contributed by atoms with Crippen molar-refractivity contribution >= 4 is 13.6 Å². The van der Waals surface area contributed by atoms with Crippen LogP contribution in [0.1, 0.15) is 104 Å². The number of carbonyl (C=O) groups is 1. The number of esters is 1. The zero-order valence-corrected chi connectivity index (χ0v) is 22.5. The van der Waals surface area contributed by atoms with E-state index in [0.717, 1.165) is 44.9 Å². The summed E-state index contributed by atoms with van der Waals surface area (Å²) < 4.78 is 41.5. The van der Waals surface area contributed by atoms with Gasteiger partial charge in [-0.05, 0) is 52.4 Å². The van der Waals surface area contributed by atoms with Gasteiger partial charge in [-0.15, -0.1) is 0 Å². The Morgan fingerprint density at radius 3 is 2.03 bits per heavy atom. The van der Waals surface area contributed by atoms with Crippen LogP contribution in [0, 0.1) is 0 Å². The van der Waals surface area contributed by atoms with Crippen molar-refractivity contribution in [3.63, 3.8) is 0 Å². The monoisotopic (exact) mass is 506 g/mol. The summed E-state index contributed by atoms with van der Waals surface area (Å²) in [5.41, 5.74) is 0. The first-order valence-corrected chi connectivity index (χ1v) is 14.7. The maximum Gasteiger partial charge on any atom is 0.364 e. The second kappa shape index (κ2) is 22.5. The van der Waals surface area contributed by atoms with Crippen LogP contribution in [-0.2, 0) is 23.1 Å². The molecule has 0 amide bonds. The lowest BCUT2D eigenvalue weighted by Gasteiger charge is -2.22. The highest BCUT2D eigenvalue weighted by Crippen LogP contribution is 2.55. The van der Waals surface area contributed by atoms with Crippen LogP contribution in [-0.4, -0.2) is 42.9 Å². The minimum Gasteiger partial charge on any atom is -0.463 e. The number of halogens is 1. The number of hydrogen-bond acceptors (Lipinski definition) is 6. The summed E-state index contributed by atoms with van der Waals surface area (Å²) in [5, 5.41) is 9.91. The third-order valence-electron chi connectivity index (χ3n) is 5.20. The van der Waals surface area contributed by atoms with Gasteiger partial charge in [0.2, 0.25) is 5.91 Å². The Labute approximate surface area is 206 Å². The first-order chi connectivity index (χ1) is 16.4. The summed E-state index contributed by atoms with van der Waals surface area (Å²) in [7, 11) is -3.93. The molecule has 0 fully saturated rings. The van der Waals surface area contributed by atoms with Crippen LogP contribution >= 0.6 is 7.60 Å². The van der Waals surface area contributed by atoms with Crippen molar-refractivity contribution in [1.82, 2.24) is 0 Å². The molecule has 200 valence electrons. The van der Waals surface area contributed by atoms with Gasteiger partial charge in [-0.1, -0.05) is 63.3 Å². The highest BCUT2D eigenvalue weighted by molar-refractivity contribution is 7.54. The zero-order chi connectivity index (χ0) is 25.5. The largest absolute Gasteiger partial charge is 0.463 e. The lowest BCUT2D eigenvalue weighted by molar-refractivity contribution is -0.147. The van der Waals surface area contributed by atoms with Crippen LogP contribution in [0.3, 0.4) is 0 Å². The number of rotatable bonds is 23. The molecule has 0 aliphatic rings. The number of unbranched alkanes of at least 4 members (excludes halogenated alkanes) is 8. The van der Waals surface area contributed by atoms with E-state index in [2.05, 4.69) is 31.2 Å². The molecule has 0 aliphatic heterocycles. The predicted molar refractivity (Wildman–Crippen MR) is 137 cm³/mol. The van der Waals surface area contributed by atoms with Crippen LogP contribution in [0.4, 0.5) is 4.39 Å². The second-order valence-electron chi connectivity index (χ2n) is 8.36. The standard InChI is InChI=1S/C26H48FO6P/c1-4-7-8-9-10-11-12-13-14-15-16-17-18-19-20-21-26(29)31-23-24(28)22-25(27)34(30,32-5-2)33-6-3/h10-11,13-14,24-25,28H,4-9,12,15-23H2,1-3H3/b11-10-,14-13-/t24-,25?/m0/s1. The van der Waals surface area contributed by atoms with E-state index in [9.17, 15) is 18.9 Å². The molecule has 0 bridgehead atoms. The van der Waals surface area contributed by atoms with E-state index in [4.69, 9.17) is 13.8 Å². The van der Waals surface area contributed by atoms with Crippen molar-refractivity contribution in [2.75, 3.05) is 19.8 Å². The first kappa shape index (κ1) is 33.0. The van der Waals surface area contributed by atoms with E-state index in [-0.39, 0.29) is 26.2 Å². The van der Waals surface area contributed by atoms with Gasteiger partial charge in [0.05, 0.1) is 19.3 Å². The van der Waals surface area contributed by atoms with E-state index in [1.165, 1.54) is 25.7 Å². The Morgan fingerprint density at radius 2 is 1.44 bits per heavy atom. The number of aliphatic hydroxyl groups excluding tert-OH is 1. The lowest BCUT2D eigenvalue weighted by atomic mass is 10.1. The first-order valence-electron chi connectivity index (χ1n) is 13.1. The number of allylic oxidation sites excluding steroid dienone is 4. The molecule has 0 aromatic rings. The van der Waals surface area contributed by atoms with Crippen molar-refractivity contribution in [1.29, 1.82) is 0 Å². The quantitative estimate of drug-likeness (QED) is 0.0663. The van der Waals surface area contributed by atoms with Crippen LogP contribution in [0.15, 0.2) is 24.3 Å². The maximum absolute atomic E-state index is 14.3. The minimum atomic E-state index is -3.93. The summed E-state index contributed by atoms with van der Waals surface area (Å²) in [6.07, 6.45) is 19.6. The molecular formula is C26H48FO6P. The summed E-state index contributed by atoms with van der Waals surface area (Å²) in [6, 6.07) is 0. The Hall–Kier alpha value is -1.01. The predicted octanol–water partition coefficient (Wildman–Crippen LogP) is 7.66. The molecule has 0 heterocycles. The molecule has 0 radical (unpaired) electrons. The van der Waals surface area contributed by atoms with Crippen LogP contribution < -0.4 is 0 Å². The fourth-order valence-electron chi connectivity index (χ4n) is 3.32. The molecule has 8 heteroatoms. The summed E-state index contributed by atoms with van der Waals surface area (Å²) >= 11 is 0. The molecule has 6 nitrogen and oxygen atoms in total. The molecule has 0 aromatic carbocycles. The topological polar surface area (TPSA) is 82.1 Å². The van der Waals surface area contributed by atoms with Crippen LogP contribution in [0.25, 0.3) is 0 Å². The molecule has 34 heavy (non-hydrogen) atoms. The molecule has 2 atom stereocenters. The average Bonchev–Trinajstić information content (AvgIpc) is 2.80. The molecule has 1 N–H and O–H groups in total. The zero-order valence-electron chi connectivity index (χ0n) is 21.6. The molecule has 0 aliphatic carbocycles. The summed E-state index contributed by atoms with van der Waals surface area (Å²) in [4.78, 5) is 11.8. The van der Waals surface area contributed by atoms with Crippen molar-refractivity contribution < 1.29 is 32.6 Å². The number of hydrogen-bond donors (Lipinski definition) is 1. The molecule has 0 rings (SSSR count). The van der Waals surface area contributed by atoms with Crippen molar-refractivity contribution in [2.45, 2.75) is 116 Å². The average molecular weight is 507 g/mol. The van der Waals surface area contributed by atoms with Gasteiger partial charge in [0, 0.05) is 12.8 Å². The third-order valence-corrected chi connectivity index (χ3v) is 7.33. The van der Waals surface area contributed by atoms with E-state index in [1.54, 1.807) is 13.8 Å². The van der Waals surface area contributed by atoms with Crippen LogP contribution in [0.5, 0.6) is 0 Å². The number of carbonyl (C=O) groups excluding carboxylic acids is 1. The number of ether oxygens (including phenoxy) is 1. The van der Waals surface area contributed by atoms with Crippen molar-refractivity contribution in [2.24, 2.45) is 0 Å². The SMILES string of the molecule is CCCCC/C=C\C/C=C\CCCCCCCC(=O)OC[C@@H](O)CC(F)P(=O)(OCC)OCC. The molecular weight excluding hydrogens is 458 g/mol. The lowest BCUT2D eigenvalue weighted by Crippen LogP contribution is -2.23. The van der Waals surface area contributed by atoms with Gasteiger partial charge in [-0.3, -0.25) is 9.36 Å². The Balaban J connectivity index is 3.75. The smallest absolute Gasteiger partial charge is 0.364 e. The third kappa shape index (κ3) is 18.3. The van der Waals surface area contributed by atoms with E-state index in [1.807, 2.05) is 0 Å². The number of alkyl halides is 1. The van der Waals surface area contributed by atoms with Crippen LogP contribution in [0.2, 0.25) is 0 Å². The van der Waals surface area contributed by atoms with Crippen molar-refractivity contribution in [3.05, 3.63) is 24.3 Å². The molecule has 0 saturated carbocycles. The van der Waals surface area contributed by atoms with Gasteiger partial charge < -0.3 is 18.9 Å². The molecule has 0 spiro atoms. The second-order valence-corrected chi connectivity index (χ2v) is 10.5. The maximum atomic E-state index is 14.3. The minimum absolute atomic E-state index is 0.0380.